The van der Waals surface area contributed by atoms with Crippen molar-refractivity contribution >= 4 is 6.08 Å². The average Bonchev–Trinajstić information content (AvgIpc) is 2.85. The van der Waals surface area contributed by atoms with E-state index in [1.54, 1.807) is 0 Å². The van der Waals surface area contributed by atoms with E-state index in [2.05, 4.69) is 88.1 Å². The lowest BCUT2D eigenvalue weighted by atomic mass is 9.69. The number of nitrogens with zero attached hydrogens (tertiary/aromatic N) is 1. The van der Waals surface area contributed by atoms with Gasteiger partial charge in [-0.3, -0.25) is 4.98 Å². The minimum absolute atomic E-state index is 0.0251. The van der Waals surface area contributed by atoms with Gasteiger partial charge in [0.25, 0.3) is 0 Å². The maximum atomic E-state index is 10.9. The van der Waals surface area contributed by atoms with Crippen LogP contribution in [0.1, 0.15) is 92.2 Å². The van der Waals surface area contributed by atoms with Crippen molar-refractivity contribution in [2.75, 3.05) is 0 Å². The van der Waals surface area contributed by atoms with Gasteiger partial charge in [-0.25, -0.2) is 0 Å². The molecule has 0 aliphatic heterocycles. The number of hydrogen-bond donors (Lipinski definition) is 1. The molecule has 184 valence electrons. The quantitative estimate of drug-likeness (QED) is 0.378. The lowest BCUT2D eigenvalue weighted by Crippen LogP contribution is -2.28. The monoisotopic (exact) mass is 467 g/mol. The zero-order chi connectivity index (χ0) is 25.1. The second-order valence-corrected chi connectivity index (χ2v) is 10.6. The van der Waals surface area contributed by atoms with Crippen LogP contribution in [-0.4, -0.2) is 15.7 Å². The van der Waals surface area contributed by atoms with Crippen molar-refractivity contribution in [3.63, 3.8) is 0 Å². The molecule has 0 unspecified atom stereocenters. The molecule has 0 saturated heterocycles. The number of pyridine rings is 1. The molecule has 1 saturated carbocycles. The van der Waals surface area contributed by atoms with E-state index in [1.165, 1.54) is 50.9 Å². The maximum absolute atomic E-state index is 10.9. The first kappa shape index (κ1) is 25.4. The molecule has 1 aliphatic carbocycles. The smallest absolute Gasteiger partial charge is 0.0830 e. The zero-order valence-electron chi connectivity index (χ0n) is 22.2. The predicted octanol–water partition coefficient (Wildman–Crippen LogP) is 8.49. The summed E-state index contributed by atoms with van der Waals surface area (Å²) in [4.78, 5) is 4.40. The van der Waals surface area contributed by atoms with Gasteiger partial charge in [-0.2, -0.15) is 0 Å². The molecule has 1 fully saturated rings. The van der Waals surface area contributed by atoms with Gasteiger partial charge in [0.2, 0.25) is 0 Å². The van der Waals surface area contributed by atoms with Crippen molar-refractivity contribution in [3.05, 3.63) is 94.3 Å². The Morgan fingerprint density at radius 3 is 2.11 bits per heavy atom. The van der Waals surface area contributed by atoms with E-state index >= 15 is 0 Å². The Morgan fingerprint density at radius 1 is 0.857 bits per heavy atom. The fourth-order valence-corrected chi connectivity index (χ4v) is 5.96. The molecule has 35 heavy (non-hydrogen) atoms. The number of benzene rings is 2. The van der Waals surface area contributed by atoms with Crippen LogP contribution in [0.15, 0.2) is 60.9 Å². The highest BCUT2D eigenvalue weighted by Gasteiger charge is 2.31. The predicted molar refractivity (Wildman–Crippen MR) is 149 cm³/mol. The van der Waals surface area contributed by atoms with E-state index in [9.17, 15) is 5.11 Å². The molecule has 0 bridgehead atoms. The van der Waals surface area contributed by atoms with Gasteiger partial charge in [0.1, 0.15) is 0 Å². The second kappa shape index (κ2) is 10.5. The van der Waals surface area contributed by atoms with E-state index in [0.29, 0.717) is 0 Å². The van der Waals surface area contributed by atoms with Gasteiger partial charge in [0.15, 0.2) is 0 Å². The third kappa shape index (κ3) is 5.28. The van der Waals surface area contributed by atoms with Crippen LogP contribution in [0.25, 0.3) is 17.2 Å². The van der Waals surface area contributed by atoms with Crippen molar-refractivity contribution in [1.82, 2.24) is 4.98 Å². The lowest BCUT2D eigenvalue weighted by molar-refractivity contribution is 0.0521. The van der Waals surface area contributed by atoms with Crippen molar-refractivity contribution in [2.45, 2.75) is 90.6 Å². The van der Waals surface area contributed by atoms with Crippen LogP contribution in [0.4, 0.5) is 0 Å². The summed E-state index contributed by atoms with van der Waals surface area (Å²) in [5, 5.41) is 10.9. The molecular formula is C33H41NO. The number of aromatic nitrogens is 1. The molecule has 0 spiro atoms. The molecule has 2 heteroatoms. The van der Waals surface area contributed by atoms with Gasteiger partial charge in [0, 0.05) is 23.4 Å². The van der Waals surface area contributed by atoms with Gasteiger partial charge in [-0.05, 0) is 91.5 Å². The van der Waals surface area contributed by atoms with Gasteiger partial charge >= 0.3 is 0 Å². The summed E-state index contributed by atoms with van der Waals surface area (Å²) in [5.41, 5.74) is 9.47. The first-order chi connectivity index (χ1) is 16.8. The Hall–Kier alpha value is -2.71. The fraction of sp³-hybridized carbons (Fsp3) is 0.424. The van der Waals surface area contributed by atoms with E-state index in [-0.39, 0.29) is 5.41 Å². The van der Waals surface area contributed by atoms with Crippen LogP contribution >= 0.6 is 0 Å². The molecule has 3 aromatic rings. The summed E-state index contributed by atoms with van der Waals surface area (Å²) in [5.74, 6) is 0. The summed E-state index contributed by atoms with van der Waals surface area (Å²) in [6.45, 7) is 11.1. The molecule has 0 amide bonds. The fourth-order valence-electron chi connectivity index (χ4n) is 5.96. The molecule has 1 N–H and O–H groups in total. The first-order valence-corrected chi connectivity index (χ1v) is 13.4. The van der Waals surface area contributed by atoms with E-state index < -0.39 is 5.60 Å². The third-order valence-corrected chi connectivity index (χ3v) is 8.29. The minimum atomic E-state index is -0.633. The Labute approximate surface area is 212 Å². The topological polar surface area (TPSA) is 33.1 Å². The van der Waals surface area contributed by atoms with Crippen molar-refractivity contribution < 1.29 is 5.11 Å². The van der Waals surface area contributed by atoms with Crippen LogP contribution in [-0.2, 0) is 5.41 Å². The average molecular weight is 468 g/mol. The SMILES string of the molecule is CCC(CC)(c1ccc(/C=C/C2(O)CCCCC2)c(C)c1)c1ccc(-c2cncc(C)c2)c(C)c1. The number of hydrogen-bond acceptors (Lipinski definition) is 2. The molecule has 2 nitrogen and oxygen atoms in total. The van der Waals surface area contributed by atoms with Crippen molar-refractivity contribution in [2.24, 2.45) is 0 Å². The van der Waals surface area contributed by atoms with Crippen LogP contribution in [0, 0.1) is 20.8 Å². The Kier molecular flexibility index (Phi) is 7.62. The van der Waals surface area contributed by atoms with Crippen LogP contribution in [0.2, 0.25) is 0 Å². The van der Waals surface area contributed by atoms with Crippen LogP contribution in [0.5, 0.6) is 0 Å². The van der Waals surface area contributed by atoms with Gasteiger partial charge in [-0.15, -0.1) is 0 Å². The third-order valence-electron chi connectivity index (χ3n) is 8.29. The summed E-state index contributed by atoms with van der Waals surface area (Å²) >= 11 is 0. The molecule has 1 aromatic heterocycles. The van der Waals surface area contributed by atoms with Crippen molar-refractivity contribution in [1.29, 1.82) is 0 Å². The maximum Gasteiger partial charge on any atom is 0.0830 e. The standard InChI is InChI=1S/C33H41NO/c1-6-33(7-2,30-13-14-31(26(5)21-30)28-19-24(3)22-34-23-28)29-12-11-27(25(4)20-29)15-18-32(35)16-9-8-10-17-32/h11-15,18-23,35H,6-10,16-17H2,1-5H3/b18-15+. The molecule has 1 heterocycles. The molecule has 2 aromatic carbocycles. The highest BCUT2D eigenvalue weighted by molar-refractivity contribution is 5.68. The number of aryl methyl sites for hydroxylation is 3. The summed E-state index contributed by atoms with van der Waals surface area (Å²) in [6, 6.07) is 16.1. The largest absolute Gasteiger partial charge is 0.386 e. The molecule has 0 atom stereocenters. The van der Waals surface area contributed by atoms with Crippen molar-refractivity contribution in [3.8, 4) is 11.1 Å². The lowest BCUT2D eigenvalue weighted by Gasteiger charge is -2.34. The zero-order valence-corrected chi connectivity index (χ0v) is 22.2. The second-order valence-electron chi connectivity index (χ2n) is 10.6. The summed E-state index contributed by atoms with van der Waals surface area (Å²) in [7, 11) is 0. The van der Waals surface area contributed by atoms with Gasteiger partial charge in [0.05, 0.1) is 5.60 Å². The van der Waals surface area contributed by atoms with E-state index in [4.69, 9.17) is 0 Å². The highest BCUT2D eigenvalue weighted by atomic mass is 16.3. The molecule has 4 rings (SSSR count). The van der Waals surface area contributed by atoms with Crippen LogP contribution < -0.4 is 0 Å². The Bertz CT molecular complexity index is 1200. The highest BCUT2D eigenvalue weighted by Crippen LogP contribution is 2.41. The Balaban J connectivity index is 1.67. The number of aliphatic hydroxyl groups is 1. The summed E-state index contributed by atoms with van der Waals surface area (Å²) in [6.07, 6.45) is 15.4. The summed E-state index contributed by atoms with van der Waals surface area (Å²) < 4.78 is 0. The van der Waals surface area contributed by atoms with Crippen LogP contribution in [0.3, 0.4) is 0 Å². The molecular weight excluding hydrogens is 426 g/mol. The Morgan fingerprint density at radius 2 is 1.51 bits per heavy atom. The van der Waals surface area contributed by atoms with E-state index in [1.807, 2.05) is 18.5 Å². The molecule has 0 radical (unpaired) electrons. The van der Waals surface area contributed by atoms with Gasteiger partial charge in [-0.1, -0.05) is 81.7 Å². The normalized spacial score (nSPS) is 16.1. The molecule has 1 aliphatic rings. The number of rotatable bonds is 7. The minimum Gasteiger partial charge on any atom is -0.386 e. The van der Waals surface area contributed by atoms with E-state index in [0.717, 1.165) is 38.5 Å². The van der Waals surface area contributed by atoms with Gasteiger partial charge < -0.3 is 5.11 Å². The first-order valence-electron chi connectivity index (χ1n) is 13.4.